The van der Waals surface area contributed by atoms with E-state index in [9.17, 15) is 13.2 Å². The van der Waals surface area contributed by atoms with Crippen LogP contribution >= 0.6 is 11.3 Å². The van der Waals surface area contributed by atoms with Crippen LogP contribution in [0.3, 0.4) is 0 Å². The van der Waals surface area contributed by atoms with Crippen molar-refractivity contribution in [2.75, 3.05) is 6.54 Å². The quantitative estimate of drug-likeness (QED) is 0.739. The molecular weight excluding hydrogens is 356 g/mol. The van der Waals surface area contributed by atoms with Crippen molar-refractivity contribution < 1.29 is 13.2 Å². The van der Waals surface area contributed by atoms with Crippen molar-refractivity contribution in [2.24, 2.45) is 5.92 Å². The molecule has 1 aromatic heterocycles. The van der Waals surface area contributed by atoms with Gasteiger partial charge in [-0.25, -0.2) is 8.42 Å². The Kier molecular flexibility index (Phi) is 6.75. The molecule has 5 nitrogen and oxygen atoms in total. The van der Waals surface area contributed by atoms with E-state index in [0.29, 0.717) is 13.0 Å². The van der Waals surface area contributed by atoms with Gasteiger partial charge in [0.25, 0.3) is 10.0 Å². The average molecular weight is 381 g/mol. The minimum Gasteiger partial charge on any atom is -0.354 e. The maximum atomic E-state index is 12.4. The summed E-state index contributed by atoms with van der Waals surface area (Å²) in [7, 11) is -3.68. The van der Waals surface area contributed by atoms with Crippen molar-refractivity contribution in [2.45, 2.75) is 37.4 Å². The topological polar surface area (TPSA) is 75.3 Å². The number of hydrogen-bond acceptors (Lipinski definition) is 4. The van der Waals surface area contributed by atoms with Crippen molar-refractivity contribution in [1.29, 1.82) is 0 Å². The zero-order valence-corrected chi connectivity index (χ0v) is 16.3. The lowest BCUT2D eigenvalue weighted by atomic mass is 10.0. The Morgan fingerprint density at radius 3 is 2.40 bits per heavy atom. The van der Waals surface area contributed by atoms with Gasteiger partial charge in [-0.05, 0) is 36.3 Å². The molecule has 1 atom stereocenters. The molecule has 0 saturated carbocycles. The van der Waals surface area contributed by atoms with Crippen molar-refractivity contribution in [3.05, 3.63) is 52.9 Å². The van der Waals surface area contributed by atoms with Gasteiger partial charge in [-0.2, -0.15) is 4.72 Å². The van der Waals surface area contributed by atoms with E-state index in [0.717, 1.165) is 16.9 Å². The highest BCUT2D eigenvalue weighted by atomic mass is 32.2. The zero-order valence-electron chi connectivity index (χ0n) is 14.7. The molecule has 2 N–H and O–H groups in total. The fraction of sp³-hybridized carbons (Fsp3) is 0.389. The Bertz CT molecular complexity index is 782. The summed E-state index contributed by atoms with van der Waals surface area (Å²) in [4.78, 5) is 12.4. The molecule has 0 aliphatic rings. The number of rotatable bonds is 8. The van der Waals surface area contributed by atoms with Crippen LogP contribution < -0.4 is 10.0 Å². The van der Waals surface area contributed by atoms with Crippen molar-refractivity contribution in [1.82, 2.24) is 10.0 Å². The number of benzene rings is 1. The molecule has 0 saturated heterocycles. The van der Waals surface area contributed by atoms with Crippen LogP contribution in [0.5, 0.6) is 0 Å². The number of carbonyl (C=O) groups excluding carboxylic acids is 1. The third kappa shape index (κ3) is 5.66. The number of aryl methyl sites for hydroxylation is 1. The fourth-order valence-corrected chi connectivity index (χ4v) is 4.68. The van der Waals surface area contributed by atoms with Crippen LogP contribution in [0.15, 0.2) is 46.0 Å². The Morgan fingerprint density at radius 1 is 1.16 bits per heavy atom. The molecule has 2 aromatic rings. The first-order valence-corrected chi connectivity index (χ1v) is 10.5. The Labute approximate surface area is 153 Å². The maximum Gasteiger partial charge on any atom is 0.250 e. The Balaban J connectivity index is 1.95. The summed E-state index contributed by atoms with van der Waals surface area (Å²) < 4.78 is 27.5. The first kappa shape index (κ1) is 19.6. The average Bonchev–Trinajstić information content (AvgIpc) is 3.09. The van der Waals surface area contributed by atoms with Crippen LogP contribution in [0.1, 0.15) is 25.0 Å². The summed E-state index contributed by atoms with van der Waals surface area (Å²) in [6, 6.07) is 10.5. The highest BCUT2D eigenvalue weighted by molar-refractivity contribution is 7.91. The molecule has 1 aromatic carbocycles. The SMILES string of the molecule is Cc1ccc(CCNC(=O)C(NS(=O)(=O)c2cccs2)C(C)C)cc1. The van der Waals surface area contributed by atoms with Gasteiger partial charge in [-0.3, -0.25) is 4.79 Å². The monoisotopic (exact) mass is 380 g/mol. The van der Waals surface area contributed by atoms with Crippen molar-refractivity contribution >= 4 is 27.3 Å². The lowest BCUT2D eigenvalue weighted by molar-refractivity contribution is -0.123. The van der Waals surface area contributed by atoms with Crippen LogP contribution in [-0.4, -0.2) is 26.9 Å². The van der Waals surface area contributed by atoms with Gasteiger partial charge in [0, 0.05) is 6.54 Å². The zero-order chi connectivity index (χ0) is 18.4. The van der Waals surface area contributed by atoms with Crippen molar-refractivity contribution in [3.63, 3.8) is 0 Å². The van der Waals surface area contributed by atoms with E-state index in [4.69, 9.17) is 0 Å². The normalized spacial score (nSPS) is 13.0. The summed E-state index contributed by atoms with van der Waals surface area (Å²) in [5.41, 5.74) is 2.32. The summed E-state index contributed by atoms with van der Waals surface area (Å²) in [6.07, 6.45) is 0.703. The molecule has 0 bridgehead atoms. The van der Waals surface area contributed by atoms with Crippen LogP contribution in [0.25, 0.3) is 0 Å². The second kappa shape index (κ2) is 8.60. The second-order valence-electron chi connectivity index (χ2n) is 6.30. The van der Waals surface area contributed by atoms with E-state index in [2.05, 4.69) is 10.0 Å². The Morgan fingerprint density at radius 2 is 1.84 bits per heavy atom. The second-order valence-corrected chi connectivity index (χ2v) is 9.19. The Hall–Kier alpha value is -1.70. The number of nitrogens with one attached hydrogen (secondary N) is 2. The van der Waals surface area contributed by atoms with Gasteiger partial charge in [-0.15, -0.1) is 11.3 Å². The molecular formula is C18H24N2O3S2. The summed E-state index contributed by atoms with van der Waals surface area (Å²) in [5.74, 6) is -0.462. The van der Waals surface area contributed by atoms with E-state index in [1.54, 1.807) is 11.4 Å². The molecule has 25 heavy (non-hydrogen) atoms. The smallest absolute Gasteiger partial charge is 0.250 e. The lowest BCUT2D eigenvalue weighted by Gasteiger charge is -2.21. The minimum atomic E-state index is -3.68. The number of thiophene rings is 1. The van der Waals surface area contributed by atoms with Gasteiger partial charge >= 0.3 is 0 Å². The molecule has 1 unspecified atom stereocenters. The largest absolute Gasteiger partial charge is 0.354 e. The van der Waals surface area contributed by atoms with Gasteiger partial charge in [0.15, 0.2) is 0 Å². The van der Waals surface area contributed by atoms with Crippen LogP contribution in [-0.2, 0) is 21.2 Å². The number of carbonyl (C=O) groups is 1. The molecule has 0 aliphatic heterocycles. The van der Waals surface area contributed by atoms with Gasteiger partial charge in [0.2, 0.25) is 5.91 Å². The standard InChI is InChI=1S/C18H24N2O3S2/c1-13(2)17(20-25(22,23)16-5-4-12-24-16)18(21)19-11-10-15-8-6-14(3)7-9-15/h4-9,12-13,17,20H,10-11H2,1-3H3,(H,19,21). The first-order valence-electron chi connectivity index (χ1n) is 8.18. The molecule has 0 radical (unpaired) electrons. The molecule has 0 aliphatic carbocycles. The number of amides is 1. The molecule has 7 heteroatoms. The predicted octanol–water partition coefficient (Wildman–Crippen LogP) is 2.72. The summed E-state index contributed by atoms with van der Waals surface area (Å²) in [6.45, 7) is 6.13. The van der Waals surface area contributed by atoms with Gasteiger partial charge in [-0.1, -0.05) is 49.7 Å². The van der Waals surface area contributed by atoms with E-state index in [-0.39, 0.29) is 16.0 Å². The molecule has 1 heterocycles. The van der Waals surface area contributed by atoms with E-state index >= 15 is 0 Å². The van der Waals surface area contributed by atoms with Gasteiger partial charge in [0.05, 0.1) is 0 Å². The highest BCUT2D eigenvalue weighted by Crippen LogP contribution is 2.17. The maximum absolute atomic E-state index is 12.4. The van der Waals surface area contributed by atoms with E-state index < -0.39 is 16.1 Å². The molecule has 0 spiro atoms. The number of hydrogen-bond donors (Lipinski definition) is 2. The van der Waals surface area contributed by atoms with E-state index in [1.807, 2.05) is 45.0 Å². The van der Waals surface area contributed by atoms with Crippen LogP contribution in [0.4, 0.5) is 0 Å². The fourth-order valence-electron chi connectivity index (χ4n) is 2.33. The summed E-state index contributed by atoms with van der Waals surface area (Å²) in [5, 5.41) is 4.53. The predicted molar refractivity (Wildman–Crippen MR) is 101 cm³/mol. The first-order chi connectivity index (χ1) is 11.8. The van der Waals surface area contributed by atoms with Crippen LogP contribution in [0.2, 0.25) is 0 Å². The van der Waals surface area contributed by atoms with Gasteiger partial charge in [0.1, 0.15) is 10.3 Å². The molecule has 136 valence electrons. The van der Waals surface area contributed by atoms with E-state index in [1.165, 1.54) is 11.6 Å². The number of sulfonamides is 1. The highest BCUT2D eigenvalue weighted by Gasteiger charge is 2.28. The summed E-state index contributed by atoms with van der Waals surface area (Å²) >= 11 is 1.13. The molecule has 0 fully saturated rings. The third-order valence-electron chi connectivity index (χ3n) is 3.82. The van der Waals surface area contributed by atoms with Crippen LogP contribution in [0, 0.1) is 12.8 Å². The minimum absolute atomic E-state index is 0.158. The molecule has 2 rings (SSSR count). The third-order valence-corrected chi connectivity index (χ3v) is 6.66. The van der Waals surface area contributed by atoms with Crippen molar-refractivity contribution in [3.8, 4) is 0 Å². The molecule has 1 amide bonds. The lowest BCUT2D eigenvalue weighted by Crippen LogP contribution is -2.49. The van der Waals surface area contributed by atoms with Gasteiger partial charge < -0.3 is 5.32 Å².